The molecule has 6 heteroatoms. The fourth-order valence-electron chi connectivity index (χ4n) is 3.35. The third kappa shape index (κ3) is 4.71. The first-order chi connectivity index (χ1) is 14.2. The summed E-state index contributed by atoms with van der Waals surface area (Å²) in [5.41, 5.74) is 2.44. The molecule has 0 saturated heterocycles. The fraction of sp³-hybridized carbons (Fsp3) is 0.333. The molecule has 3 rings (SSSR count). The van der Waals surface area contributed by atoms with E-state index in [1.807, 2.05) is 32.9 Å². The number of carboxylic acid groups (broad SMARTS) is 1. The Labute approximate surface area is 176 Å². The van der Waals surface area contributed by atoms with Crippen LogP contribution in [-0.2, 0) is 16.0 Å². The van der Waals surface area contributed by atoms with E-state index in [1.54, 1.807) is 48.1 Å². The summed E-state index contributed by atoms with van der Waals surface area (Å²) in [7, 11) is 1.68. The number of carbonyl (C=O) groups excluding carboxylic acids is 1. The van der Waals surface area contributed by atoms with Crippen LogP contribution in [0.3, 0.4) is 0 Å². The van der Waals surface area contributed by atoms with Gasteiger partial charge >= 0.3 is 5.97 Å². The zero-order valence-corrected chi connectivity index (χ0v) is 17.8. The standard InChI is InChI=1S/C24H27NO5/c1-16-14-20-18(15-22(26)27)6-5-7-21(20)25(16)23(28)17-8-10-19(11-9-17)30-13-12-24(2,3)29-4/h5-11,14H,12-13,15H2,1-4H3,(H,26,27). The van der Waals surface area contributed by atoms with Crippen molar-refractivity contribution < 1.29 is 24.2 Å². The SMILES string of the molecule is COC(C)(C)CCOc1ccc(C(=O)n2c(C)cc3c(CC(=O)O)cccc32)cc1. The smallest absolute Gasteiger partial charge is 0.307 e. The maximum atomic E-state index is 13.2. The highest BCUT2D eigenvalue weighted by Gasteiger charge is 2.18. The fourth-order valence-corrected chi connectivity index (χ4v) is 3.35. The van der Waals surface area contributed by atoms with Gasteiger partial charge in [0.1, 0.15) is 5.75 Å². The van der Waals surface area contributed by atoms with E-state index in [4.69, 9.17) is 14.6 Å². The molecule has 0 aliphatic carbocycles. The van der Waals surface area contributed by atoms with Gasteiger partial charge in [0, 0.05) is 30.2 Å². The Morgan fingerprint density at radius 2 is 1.80 bits per heavy atom. The van der Waals surface area contributed by atoms with Crippen LogP contribution < -0.4 is 4.74 Å². The molecule has 158 valence electrons. The van der Waals surface area contributed by atoms with Crippen LogP contribution in [0, 0.1) is 6.92 Å². The molecule has 0 fully saturated rings. The highest BCUT2D eigenvalue weighted by Crippen LogP contribution is 2.25. The number of ether oxygens (including phenoxy) is 2. The number of methoxy groups -OCH3 is 1. The first-order valence-corrected chi connectivity index (χ1v) is 9.86. The Kier molecular flexibility index (Phi) is 6.27. The van der Waals surface area contributed by atoms with Crippen molar-refractivity contribution in [1.29, 1.82) is 0 Å². The molecule has 0 amide bonds. The molecular weight excluding hydrogens is 382 g/mol. The maximum absolute atomic E-state index is 13.2. The third-order valence-corrected chi connectivity index (χ3v) is 5.29. The Morgan fingerprint density at radius 3 is 2.43 bits per heavy atom. The minimum absolute atomic E-state index is 0.0824. The highest BCUT2D eigenvalue weighted by atomic mass is 16.5. The normalized spacial score (nSPS) is 11.6. The van der Waals surface area contributed by atoms with Gasteiger partial charge in [-0.25, -0.2) is 0 Å². The zero-order valence-electron chi connectivity index (χ0n) is 17.8. The topological polar surface area (TPSA) is 77.8 Å². The summed E-state index contributed by atoms with van der Waals surface area (Å²) in [6.07, 6.45) is 0.665. The van der Waals surface area contributed by atoms with E-state index in [-0.39, 0.29) is 17.9 Å². The van der Waals surface area contributed by atoms with Crippen molar-refractivity contribution in [3.63, 3.8) is 0 Å². The molecule has 0 radical (unpaired) electrons. The summed E-state index contributed by atoms with van der Waals surface area (Å²) >= 11 is 0. The molecule has 0 aliphatic heterocycles. The van der Waals surface area contributed by atoms with Crippen LogP contribution >= 0.6 is 0 Å². The van der Waals surface area contributed by atoms with E-state index in [9.17, 15) is 9.59 Å². The van der Waals surface area contributed by atoms with Gasteiger partial charge in [0.25, 0.3) is 5.91 Å². The van der Waals surface area contributed by atoms with Crippen LogP contribution in [0.15, 0.2) is 48.5 Å². The highest BCUT2D eigenvalue weighted by molar-refractivity contribution is 6.04. The number of carboxylic acids is 1. The number of fused-ring (bicyclic) bond motifs is 1. The molecule has 1 heterocycles. The Hall–Kier alpha value is -3.12. The number of benzene rings is 2. The van der Waals surface area contributed by atoms with Crippen molar-refractivity contribution >= 4 is 22.8 Å². The summed E-state index contributed by atoms with van der Waals surface area (Å²) in [5.74, 6) is -0.373. The number of nitrogens with zero attached hydrogens (tertiary/aromatic N) is 1. The number of rotatable bonds is 8. The van der Waals surface area contributed by atoms with Gasteiger partial charge in [0.15, 0.2) is 0 Å². The lowest BCUT2D eigenvalue weighted by molar-refractivity contribution is -0.136. The number of hydrogen-bond donors (Lipinski definition) is 1. The van der Waals surface area contributed by atoms with Gasteiger partial charge in [-0.05, 0) is 62.7 Å². The second-order valence-corrected chi connectivity index (χ2v) is 7.93. The maximum Gasteiger partial charge on any atom is 0.307 e. The van der Waals surface area contributed by atoms with Crippen molar-refractivity contribution in [1.82, 2.24) is 4.57 Å². The minimum atomic E-state index is -0.899. The summed E-state index contributed by atoms with van der Waals surface area (Å²) in [6, 6.07) is 14.3. The lowest BCUT2D eigenvalue weighted by Crippen LogP contribution is -2.25. The molecule has 1 aromatic heterocycles. The van der Waals surface area contributed by atoms with Gasteiger partial charge in [-0.15, -0.1) is 0 Å². The Balaban J connectivity index is 1.81. The zero-order chi connectivity index (χ0) is 21.9. The lowest BCUT2D eigenvalue weighted by Gasteiger charge is -2.22. The van der Waals surface area contributed by atoms with Gasteiger partial charge in [-0.1, -0.05) is 12.1 Å². The second kappa shape index (κ2) is 8.71. The number of aryl methyl sites for hydroxylation is 1. The molecule has 1 N–H and O–H groups in total. The molecule has 2 aromatic carbocycles. The predicted octanol–water partition coefficient (Wildman–Crippen LogP) is 4.46. The summed E-state index contributed by atoms with van der Waals surface area (Å²) in [5, 5.41) is 9.93. The molecule has 0 unspecified atom stereocenters. The first-order valence-electron chi connectivity index (χ1n) is 9.86. The summed E-state index contributed by atoms with van der Waals surface area (Å²) < 4.78 is 12.8. The predicted molar refractivity (Wildman–Crippen MR) is 115 cm³/mol. The number of carbonyl (C=O) groups is 2. The average Bonchev–Trinajstić information content (AvgIpc) is 3.04. The van der Waals surface area contributed by atoms with E-state index in [2.05, 4.69) is 0 Å². The third-order valence-electron chi connectivity index (χ3n) is 5.29. The Morgan fingerprint density at radius 1 is 1.10 bits per heavy atom. The van der Waals surface area contributed by atoms with Gasteiger partial charge < -0.3 is 14.6 Å². The van der Waals surface area contributed by atoms with E-state index < -0.39 is 5.97 Å². The molecule has 0 bridgehead atoms. The van der Waals surface area contributed by atoms with Gasteiger partial charge in [-0.2, -0.15) is 0 Å². The number of aromatic nitrogens is 1. The van der Waals surface area contributed by atoms with Gasteiger partial charge in [-0.3, -0.25) is 14.2 Å². The summed E-state index contributed by atoms with van der Waals surface area (Å²) in [6.45, 7) is 6.37. The first kappa shape index (κ1) is 21.6. The molecule has 6 nitrogen and oxygen atoms in total. The quantitative estimate of drug-likeness (QED) is 0.594. The second-order valence-electron chi connectivity index (χ2n) is 7.93. The Bertz CT molecular complexity index is 1060. The van der Waals surface area contributed by atoms with Crippen LogP contribution in [0.2, 0.25) is 0 Å². The van der Waals surface area contributed by atoms with Crippen LogP contribution in [0.1, 0.15) is 41.9 Å². The van der Waals surface area contributed by atoms with E-state index in [0.717, 1.165) is 17.5 Å². The van der Waals surface area contributed by atoms with Crippen molar-refractivity contribution in [2.24, 2.45) is 0 Å². The van der Waals surface area contributed by atoms with Crippen molar-refractivity contribution in [2.75, 3.05) is 13.7 Å². The van der Waals surface area contributed by atoms with Crippen molar-refractivity contribution in [3.8, 4) is 5.75 Å². The molecule has 0 aliphatic rings. The molecule has 0 saturated carbocycles. The largest absolute Gasteiger partial charge is 0.493 e. The van der Waals surface area contributed by atoms with Crippen LogP contribution in [-0.4, -0.2) is 40.9 Å². The van der Waals surface area contributed by atoms with Crippen LogP contribution in [0.5, 0.6) is 5.75 Å². The number of hydrogen-bond acceptors (Lipinski definition) is 4. The molecular formula is C24H27NO5. The number of aliphatic carboxylic acids is 1. The van der Waals surface area contributed by atoms with E-state index in [0.29, 0.717) is 29.0 Å². The van der Waals surface area contributed by atoms with E-state index in [1.165, 1.54) is 0 Å². The molecule has 0 atom stereocenters. The lowest BCUT2D eigenvalue weighted by atomic mass is 10.1. The van der Waals surface area contributed by atoms with Gasteiger partial charge in [0.05, 0.1) is 24.1 Å². The van der Waals surface area contributed by atoms with Crippen LogP contribution in [0.4, 0.5) is 0 Å². The molecule has 0 spiro atoms. The van der Waals surface area contributed by atoms with Crippen molar-refractivity contribution in [2.45, 2.75) is 39.2 Å². The van der Waals surface area contributed by atoms with Crippen LogP contribution in [0.25, 0.3) is 10.9 Å². The molecule has 30 heavy (non-hydrogen) atoms. The summed E-state index contributed by atoms with van der Waals surface area (Å²) in [4.78, 5) is 24.3. The average molecular weight is 409 g/mol. The molecule has 3 aromatic rings. The van der Waals surface area contributed by atoms with E-state index >= 15 is 0 Å². The van der Waals surface area contributed by atoms with Gasteiger partial charge in [0.2, 0.25) is 0 Å². The minimum Gasteiger partial charge on any atom is -0.493 e. The van der Waals surface area contributed by atoms with Crippen molar-refractivity contribution in [3.05, 3.63) is 65.4 Å². The monoisotopic (exact) mass is 409 g/mol.